The van der Waals surface area contributed by atoms with E-state index < -0.39 is 16.1 Å². The first kappa shape index (κ1) is 22.1. The van der Waals surface area contributed by atoms with Gasteiger partial charge in [-0.2, -0.15) is 9.79 Å². The van der Waals surface area contributed by atoms with Crippen molar-refractivity contribution in [3.05, 3.63) is 59.9 Å². The molecule has 1 heterocycles. The van der Waals surface area contributed by atoms with Crippen molar-refractivity contribution in [2.75, 3.05) is 43.9 Å². The number of hydroxylamine groups is 1. The van der Waals surface area contributed by atoms with E-state index in [-0.39, 0.29) is 11.6 Å². The van der Waals surface area contributed by atoms with Gasteiger partial charge in [-0.15, -0.1) is 0 Å². The molecule has 3 rings (SSSR count). The van der Waals surface area contributed by atoms with Gasteiger partial charge in [0.05, 0.1) is 12.9 Å². The summed E-state index contributed by atoms with van der Waals surface area (Å²) in [6.45, 7) is 1.61. The van der Waals surface area contributed by atoms with Gasteiger partial charge < -0.3 is 14.8 Å². The SMILES string of the molecule is COc1cccc(C#CC(CS(=O)(=O)N2CCN(c3ccc(F)cc3)CC2)NO)c1. The number of halogens is 1. The molecule has 1 fully saturated rings. The lowest BCUT2D eigenvalue weighted by Crippen LogP contribution is -2.51. The lowest BCUT2D eigenvalue weighted by atomic mass is 10.2. The van der Waals surface area contributed by atoms with E-state index in [1.165, 1.54) is 16.4 Å². The molecule has 1 aliphatic heterocycles. The van der Waals surface area contributed by atoms with Gasteiger partial charge in [0, 0.05) is 37.4 Å². The Balaban J connectivity index is 1.61. The molecule has 160 valence electrons. The number of nitrogens with one attached hydrogen (secondary N) is 1. The number of rotatable bonds is 6. The Morgan fingerprint density at radius 3 is 2.50 bits per heavy atom. The van der Waals surface area contributed by atoms with E-state index in [4.69, 9.17) is 4.74 Å². The average molecular weight is 434 g/mol. The van der Waals surface area contributed by atoms with Crippen molar-refractivity contribution < 1.29 is 22.8 Å². The molecule has 1 saturated heterocycles. The fraction of sp³-hybridized carbons (Fsp3) is 0.333. The zero-order chi connectivity index (χ0) is 21.6. The topological polar surface area (TPSA) is 82.1 Å². The van der Waals surface area contributed by atoms with Crippen molar-refractivity contribution in [1.29, 1.82) is 0 Å². The van der Waals surface area contributed by atoms with E-state index >= 15 is 0 Å². The molecule has 1 unspecified atom stereocenters. The van der Waals surface area contributed by atoms with Crippen molar-refractivity contribution in [2.24, 2.45) is 0 Å². The highest BCUT2D eigenvalue weighted by Crippen LogP contribution is 2.18. The fourth-order valence-corrected chi connectivity index (χ4v) is 4.68. The third kappa shape index (κ3) is 5.70. The van der Waals surface area contributed by atoms with Gasteiger partial charge in [0.1, 0.15) is 17.6 Å². The minimum Gasteiger partial charge on any atom is -0.497 e. The molecule has 0 amide bonds. The quantitative estimate of drug-likeness (QED) is 0.533. The largest absolute Gasteiger partial charge is 0.497 e. The van der Waals surface area contributed by atoms with Crippen molar-refractivity contribution in [3.8, 4) is 17.6 Å². The van der Waals surface area contributed by atoms with Crippen molar-refractivity contribution >= 4 is 15.7 Å². The summed E-state index contributed by atoms with van der Waals surface area (Å²) in [5, 5.41) is 9.38. The number of sulfonamides is 1. The number of nitrogens with zero attached hydrogens (tertiary/aromatic N) is 2. The van der Waals surface area contributed by atoms with Crippen molar-refractivity contribution in [1.82, 2.24) is 9.79 Å². The van der Waals surface area contributed by atoms with Crippen LogP contribution in [0.4, 0.5) is 10.1 Å². The molecule has 0 saturated carbocycles. The summed E-state index contributed by atoms with van der Waals surface area (Å²) in [7, 11) is -2.08. The molecule has 0 aromatic heterocycles. The van der Waals surface area contributed by atoms with Crippen LogP contribution in [-0.2, 0) is 10.0 Å². The molecule has 9 heteroatoms. The molecule has 2 N–H and O–H groups in total. The minimum absolute atomic E-state index is 0.307. The molecule has 2 aromatic carbocycles. The summed E-state index contributed by atoms with van der Waals surface area (Å²) in [5.41, 5.74) is 3.49. The Kier molecular flexibility index (Phi) is 7.29. The van der Waals surface area contributed by atoms with Crippen LogP contribution in [0.15, 0.2) is 48.5 Å². The van der Waals surface area contributed by atoms with E-state index in [1.807, 2.05) is 10.4 Å². The van der Waals surface area contributed by atoms with E-state index in [2.05, 4.69) is 11.8 Å². The molecular formula is C21H24FN3O4S. The van der Waals surface area contributed by atoms with Gasteiger partial charge in [0.25, 0.3) is 0 Å². The summed E-state index contributed by atoms with van der Waals surface area (Å²) in [5.74, 6) is 5.59. The number of ether oxygens (including phenoxy) is 1. The third-order valence-electron chi connectivity index (χ3n) is 4.82. The summed E-state index contributed by atoms with van der Waals surface area (Å²) >= 11 is 0. The van der Waals surface area contributed by atoms with Crippen LogP contribution in [0.5, 0.6) is 5.75 Å². The maximum atomic E-state index is 13.1. The van der Waals surface area contributed by atoms with Gasteiger partial charge in [-0.05, 0) is 42.5 Å². The molecule has 7 nitrogen and oxygen atoms in total. The second-order valence-corrected chi connectivity index (χ2v) is 8.84. The van der Waals surface area contributed by atoms with Crippen LogP contribution >= 0.6 is 0 Å². The molecular weight excluding hydrogens is 409 g/mol. The second-order valence-electron chi connectivity index (χ2n) is 6.82. The standard InChI is InChI=1S/C21H24FN3O4S/c1-29-21-4-2-3-17(15-21)5-8-19(23-26)16-30(27,28)25-13-11-24(12-14-25)20-9-6-18(22)7-10-20/h2-4,6-7,9-10,15,19,23,26H,11-14,16H2,1H3. The number of benzene rings is 2. The molecule has 0 radical (unpaired) electrons. The van der Waals surface area contributed by atoms with Gasteiger partial charge in [-0.1, -0.05) is 17.9 Å². The van der Waals surface area contributed by atoms with Crippen LogP contribution in [0.2, 0.25) is 0 Å². The van der Waals surface area contributed by atoms with E-state index in [0.29, 0.717) is 37.5 Å². The van der Waals surface area contributed by atoms with E-state index in [9.17, 15) is 18.0 Å². The predicted molar refractivity (Wildman–Crippen MR) is 113 cm³/mol. The number of piperazine rings is 1. The first-order chi connectivity index (χ1) is 14.4. The fourth-order valence-electron chi connectivity index (χ4n) is 3.17. The Morgan fingerprint density at radius 2 is 1.87 bits per heavy atom. The maximum Gasteiger partial charge on any atom is 0.216 e. The molecule has 1 aliphatic rings. The van der Waals surface area contributed by atoms with Crippen LogP contribution in [0.1, 0.15) is 5.56 Å². The molecule has 0 spiro atoms. The normalized spacial score (nSPS) is 15.9. The number of hydrogen-bond acceptors (Lipinski definition) is 6. The number of anilines is 1. The highest BCUT2D eigenvalue weighted by atomic mass is 32.2. The average Bonchev–Trinajstić information content (AvgIpc) is 2.77. The monoisotopic (exact) mass is 433 g/mol. The lowest BCUT2D eigenvalue weighted by Gasteiger charge is -2.35. The Bertz CT molecular complexity index is 1010. The molecule has 0 bridgehead atoms. The second kappa shape index (κ2) is 9.91. The summed E-state index contributed by atoms with van der Waals surface area (Å²) in [4.78, 5) is 2.01. The van der Waals surface area contributed by atoms with Gasteiger partial charge in [-0.3, -0.25) is 0 Å². The third-order valence-corrected chi connectivity index (χ3v) is 6.72. The van der Waals surface area contributed by atoms with E-state index in [0.717, 1.165) is 5.69 Å². The van der Waals surface area contributed by atoms with Crippen LogP contribution in [0.25, 0.3) is 0 Å². The minimum atomic E-state index is -3.63. The Hall–Kier alpha value is -2.64. The Labute approximate surface area is 176 Å². The van der Waals surface area contributed by atoms with Gasteiger partial charge in [0.2, 0.25) is 10.0 Å². The van der Waals surface area contributed by atoms with Gasteiger partial charge in [-0.25, -0.2) is 12.8 Å². The summed E-state index contributed by atoms with van der Waals surface area (Å²) in [6.07, 6.45) is 0. The van der Waals surface area contributed by atoms with Crippen LogP contribution < -0.4 is 15.1 Å². The van der Waals surface area contributed by atoms with E-state index in [1.54, 1.807) is 43.5 Å². The molecule has 0 aliphatic carbocycles. The molecule has 30 heavy (non-hydrogen) atoms. The van der Waals surface area contributed by atoms with Crippen molar-refractivity contribution in [2.45, 2.75) is 6.04 Å². The van der Waals surface area contributed by atoms with Crippen LogP contribution in [0.3, 0.4) is 0 Å². The summed E-state index contributed by atoms with van der Waals surface area (Å²) < 4.78 is 45.2. The van der Waals surface area contributed by atoms with Gasteiger partial charge >= 0.3 is 0 Å². The zero-order valence-electron chi connectivity index (χ0n) is 16.6. The Morgan fingerprint density at radius 1 is 1.17 bits per heavy atom. The molecule has 1 atom stereocenters. The first-order valence-electron chi connectivity index (χ1n) is 9.45. The lowest BCUT2D eigenvalue weighted by molar-refractivity contribution is 0.153. The van der Waals surface area contributed by atoms with Crippen LogP contribution in [0, 0.1) is 17.7 Å². The van der Waals surface area contributed by atoms with Gasteiger partial charge in [0.15, 0.2) is 0 Å². The maximum absolute atomic E-state index is 13.1. The zero-order valence-corrected chi connectivity index (χ0v) is 17.4. The van der Waals surface area contributed by atoms with Crippen molar-refractivity contribution in [3.63, 3.8) is 0 Å². The summed E-state index contributed by atoms with van der Waals surface area (Å²) in [6, 6.07) is 12.3. The predicted octanol–water partition coefficient (Wildman–Crippen LogP) is 1.69. The number of hydrogen-bond donors (Lipinski definition) is 2. The molecule has 2 aromatic rings. The van der Waals surface area contributed by atoms with Crippen LogP contribution in [-0.4, -0.2) is 63.0 Å². The number of methoxy groups -OCH3 is 1. The highest BCUT2D eigenvalue weighted by molar-refractivity contribution is 7.89. The highest BCUT2D eigenvalue weighted by Gasteiger charge is 2.29. The first-order valence-corrected chi connectivity index (χ1v) is 11.1. The smallest absolute Gasteiger partial charge is 0.216 e.